The van der Waals surface area contributed by atoms with E-state index in [2.05, 4.69) is 38.1 Å². The van der Waals surface area contributed by atoms with Gasteiger partial charge in [0.05, 0.1) is 12.7 Å². The molecule has 2 atom stereocenters. The van der Waals surface area contributed by atoms with Gasteiger partial charge in [0.15, 0.2) is 0 Å². The lowest BCUT2D eigenvalue weighted by Gasteiger charge is -2.27. The Hall–Kier alpha value is -0.860. The number of aliphatic hydroxyl groups is 1. The average molecular weight is 234 g/mol. The fraction of sp³-hybridized carbons (Fsp3) is 0.600. The molecule has 1 aliphatic heterocycles. The molecule has 1 aromatic carbocycles. The molecule has 0 aromatic heterocycles. The summed E-state index contributed by atoms with van der Waals surface area (Å²) in [5, 5.41) is 9.89. The van der Waals surface area contributed by atoms with Crippen LogP contribution in [0.15, 0.2) is 24.3 Å². The van der Waals surface area contributed by atoms with Crippen molar-refractivity contribution in [2.75, 3.05) is 13.2 Å². The minimum absolute atomic E-state index is 0.200. The van der Waals surface area contributed by atoms with Crippen LogP contribution in [0.25, 0.3) is 0 Å². The van der Waals surface area contributed by atoms with Crippen molar-refractivity contribution in [1.29, 1.82) is 0 Å². The van der Waals surface area contributed by atoms with Gasteiger partial charge >= 0.3 is 0 Å². The molecule has 0 aliphatic carbocycles. The second kappa shape index (κ2) is 5.65. The average Bonchev–Trinajstić information content (AvgIpc) is 2.33. The maximum atomic E-state index is 9.89. The molecule has 1 heterocycles. The quantitative estimate of drug-likeness (QED) is 0.871. The van der Waals surface area contributed by atoms with E-state index in [9.17, 15) is 5.11 Å². The molecule has 1 aliphatic rings. The molecule has 2 nitrogen and oxygen atoms in total. The van der Waals surface area contributed by atoms with E-state index in [0.29, 0.717) is 19.1 Å². The monoisotopic (exact) mass is 234 g/mol. The lowest BCUT2D eigenvalue weighted by Crippen LogP contribution is -2.33. The van der Waals surface area contributed by atoms with E-state index in [1.165, 1.54) is 11.1 Å². The highest BCUT2D eigenvalue weighted by atomic mass is 16.5. The summed E-state index contributed by atoms with van der Waals surface area (Å²) in [5.41, 5.74) is 2.66. The molecule has 1 aromatic rings. The predicted octanol–water partition coefficient (Wildman–Crippen LogP) is 2.75. The van der Waals surface area contributed by atoms with Crippen molar-refractivity contribution in [2.45, 2.75) is 38.7 Å². The van der Waals surface area contributed by atoms with Gasteiger partial charge in [-0.05, 0) is 29.9 Å². The summed E-state index contributed by atoms with van der Waals surface area (Å²) in [5.74, 6) is 0.835. The Morgan fingerprint density at radius 3 is 2.59 bits per heavy atom. The van der Waals surface area contributed by atoms with Crippen LogP contribution in [0.1, 0.15) is 37.3 Å². The molecule has 0 amide bonds. The molecule has 0 radical (unpaired) electrons. The third-order valence-corrected chi connectivity index (χ3v) is 3.58. The highest BCUT2D eigenvalue weighted by molar-refractivity contribution is 5.25. The van der Waals surface area contributed by atoms with E-state index in [-0.39, 0.29) is 12.0 Å². The number of benzene rings is 1. The number of ether oxygens (including phenoxy) is 1. The van der Waals surface area contributed by atoms with E-state index >= 15 is 0 Å². The van der Waals surface area contributed by atoms with Gasteiger partial charge in [-0.15, -0.1) is 0 Å². The van der Waals surface area contributed by atoms with Crippen molar-refractivity contribution in [3.05, 3.63) is 35.4 Å². The summed E-state index contributed by atoms with van der Waals surface area (Å²) >= 11 is 0. The molecule has 2 unspecified atom stereocenters. The molecule has 1 N–H and O–H groups in total. The maximum Gasteiger partial charge on any atom is 0.0615 e. The Kier molecular flexibility index (Phi) is 4.19. The van der Waals surface area contributed by atoms with Gasteiger partial charge in [-0.1, -0.05) is 38.1 Å². The minimum Gasteiger partial charge on any atom is -0.393 e. The van der Waals surface area contributed by atoms with Crippen molar-refractivity contribution in [1.82, 2.24) is 0 Å². The second-order valence-electron chi connectivity index (χ2n) is 5.29. The van der Waals surface area contributed by atoms with Crippen molar-refractivity contribution in [3.63, 3.8) is 0 Å². The smallest absolute Gasteiger partial charge is 0.0615 e. The molecule has 0 saturated carbocycles. The Bertz CT molecular complexity index is 342. The summed E-state index contributed by atoms with van der Waals surface area (Å²) in [6.07, 6.45) is 1.49. The van der Waals surface area contributed by atoms with Crippen LogP contribution < -0.4 is 0 Å². The standard InChI is InChI=1S/C15H22O2/c1-11(2)13-5-3-12(4-6-13)9-14-10-17-8-7-15(14)16/h3-6,11,14-16H,7-10H2,1-2H3. The third kappa shape index (κ3) is 3.30. The molecule has 17 heavy (non-hydrogen) atoms. The van der Waals surface area contributed by atoms with Crippen LogP contribution in [0.5, 0.6) is 0 Å². The van der Waals surface area contributed by atoms with Gasteiger partial charge in [0.2, 0.25) is 0 Å². The summed E-state index contributed by atoms with van der Waals surface area (Å²) in [7, 11) is 0. The van der Waals surface area contributed by atoms with Gasteiger partial charge in [0, 0.05) is 12.5 Å². The molecule has 0 bridgehead atoms. The van der Waals surface area contributed by atoms with Gasteiger partial charge in [0.1, 0.15) is 0 Å². The zero-order valence-corrected chi connectivity index (χ0v) is 10.7. The van der Waals surface area contributed by atoms with Crippen molar-refractivity contribution >= 4 is 0 Å². The van der Waals surface area contributed by atoms with Gasteiger partial charge in [-0.2, -0.15) is 0 Å². The SMILES string of the molecule is CC(C)c1ccc(CC2COCCC2O)cc1. The van der Waals surface area contributed by atoms with Crippen LogP contribution in [-0.4, -0.2) is 24.4 Å². The number of rotatable bonds is 3. The van der Waals surface area contributed by atoms with E-state index in [0.717, 1.165) is 12.8 Å². The largest absolute Gasteiger partial charge is 0.393 e. The molecule has 2 rings (SSSR count). The molecule has 94 valence electrons. The molecular weight excluding hydrogens is 212 g/mol. The number of hydrogen-bond donors (Lipinski definition) is 1. The van der Waals surface area contributed by atoms with E-state index in [1.807, 2.05) is 0 Å². The first-order valence-electron chi connectivity index (χ1n) is 6.51. The molecule has 1 fully saturated rings. The molecular formula is C15H22O2. The first-order valence-corrected chi connectivity index (χ1v) is 6.51. The normalized spacial score (nSPS) is 25.2. The van der Waals surface area contributed by atoms with Gasteiger partial charge in [-0.25, -0.2) is 0 Å². The Morgan fingerprint density at radius 1 is 1.29 bits per heavy atom. The Labute approximate surface area is 104 Å². The first-order chi connectivity index (χ1) is 8.16. The maximum absolute atomic E-state index is 9.89. The second-order valence-corrected chi connectivity index (χ2v) is 5.29. The van der Waals surface area contributed by atoms with Crippen LogP contribution in [0, 0.1) is 5.92 Å². The highest BCUT2D eigenvalue weighted by Gasteiger charge is 2.23. The first kappa shape index (κ1) is 12.6. The number of hydrogen-bond acceptors (Lipinski definition) is 2. The zero-order chi connectivity index (χ0) is 12.3. The summed E-state index contributed by atoms with van der Waals surface area (Å²) < 4.78 is 5.43. The van der Waals surface area contributed by atoms with Gasteiger partial charge in [-0.3, -0.25) is 0 Å². The van der Waals surface area contributed by atoms with Crippen molar-refractivity contribution in [2.24, 2.45) is 5.92 Å². The Balaban J connectivity index is 1.98. The Morgan fingerprint density at radius 2 is 2.00 bits per heavy atom. The van der Waals surface area contributed by atoms with Gasteiger partial charge < -0.3 is 9.84 Å². The third-order valence-electron chi connectivity index (χ3n) is 3.58. The number of aliphatic hydroxyl groups excluding tert-OH is 1. The highest BCUT2D eigenvalue weighted by Crippen LogP contribution is 2.21. The topological polar surface area (TPSA) is 29.5 Å². The van der Waals surface area contributed by atoms with Crippen LogP contribution in [0.4, 0.5) is 0 Å². The van der Waals surface area contributed by atoms with E-state index in [4.69, 9.17) is 4.74 Å². The molecule has 1 saturated heterocycles. The fourth-order valence-electron chi connectivity index (χ4n) is 2.32. The van der Waals surface area contributed by atoms with Crippen molar-refractivity contribution < 1.29 is 9.84 Å². The van der Waals surface area contributed by atoms with Crippen molar-refractivity contribution in [3.8, 4) is 0 Å². The molecule has 2 heteroatoms. The molecule has 0 spiro atoms. The van der Waals surface area contributed by atoms with E-state index in [1.54, 1.807) is 0 Å². The van der Waals surface area contributed by atoms with Gasteiger partial charge in [0.25, 0.3) is 0 Å². The summed E-state index contributed by atoms with van der Waals surface area (Å²) in [4.78, 5) is 0. The van der Waals surface area contributed by atoms with E-state index < -0.39 is 0 Å². The van der Waals surface area contributed by atoms with Crippen LogP contribution >= 0.6 is 0 Å². The van der Waals surface area contributed by atoms with Crippen LogP contribution in [0.2, 0.25) is 0 Å². The summed E-state index contributed by atoms with van der Waals surface area (Å²) in [6.45, 7) is 5.79. The fourth-order valence-corrected chi connectivity index (χ4v) is 2.32. The predicted molar refractivity (Wildman–Crippen MR) is 69.2 cm³/mol. The van der Waals surface area contributed by atoms with Crippen LogP contribution in [0.3, 0.4) is 0 Å². The summed E-state index contributed by atoms with van der Waals surface area (Å²) in [6, 6.07) is 8.74. The lowest BCUT2D eigenvalue weighted by atomic mass is 9.90. The lowest BCUT2D eigenvalue weighted by molar-refractivity contribution is -0.0350. The minimum atomic E-state index is -0.200. The zero-order valence-electron chi connectivity index (χ0n) is 10.7. The van der Waals surface area contributed by atoms with Crippen LogP contribution in [-0.2, 0) is 11.2 Å².